The molecular weight excluding hydrogens is 609 g/mol. The van der Waals surface area contributed by atoms with Gasteiger partial charge in [-0.05, 0) is 59.2 Å². The molecule has 0 bridgehead atoms. The number of Topliss-reactive ketones (excluding diaryl/α,β-unsaturated/α-hetero) is 1. The lowest BCUT2D eigenvalue weighted by molar-refractivity contribution is -0.385. The van der Waals surface area contributed by atoms with Crippen molar-refractivity contribution in [1.82, 2.24) is 10.2 Å². The number of hydrogen-bond acceptors (Lipinski definition) is 8. The Morgan fingerprint density at radius 2 is 1.55 bits per heavy atom. The molecule has 4 unspecified atom stereocenters. The van der Waals surface area contributed by atoms with Crippen molar-refractivity contribution in [2.45, 2.75) is 24.5 Å². The quantitative estimate of drug-likeness (QED) is 0.130. The van der Waals surface area contributed by atoms with Gasteiger partial charge in [0, 0.05) is 24.1 Å². The molecule has 5 rings (SSSR count). The van der Waals surface area contributed by atoms with Gasteiger partial charge in [-0.2, -0.15) is 0 Å². The van der Waals surface area contributed by atoms with Gasteiger partial charge in [-0.25, -0.2) is 9.18 Å². The van der Waals surface area contributed by atoms with Crippen LogP contribution < -0.4 is 14.8 Å². The van der Waals surface area contributed by atoms with E-state index in [1.165, 1.54) is 61.6 Å². The van der Waals surface area contributed by atoms with E-state index in [1.54, 1.807) is 54.6 Å². The van der Waals surface area contributed by atoms with E-state index in [1.807, 2.05) is 0 Å². The predicted molar refractivity (Wildman–Crippen MR) is 169 cm³/mol. The van der Waals surface area contributed by atoms with Gasteiger partial charge in [0.05, 0.1) is 38.2 Å². The highest BCUT2D eigenvalue weighted by Crippen LogP contribution is 2.52. The molecule has 1 saturated heterocycles. The third-order valence-electron chi connectivity index (χ3n) is 8.30. The minimum Gasteiger partial charge on any atom is -0.497 e. The van der Waals surface area contributed by atoms with Crippen LogP contribution in [0.2, 0.25) is 0 Å². The number of nitro benzene ring substituents is 1. The van der Waals surface area contributed by atoms with Crippen LogP contribution in [0.1, 0.15) is 39.0 Å². The summed E-state index contributed by atoms with van der Waals surface area (Å²) in [6.07, 6.45) is -0.915. The topological polar surface area (TPSA) is 137 Å². The summed E-state index contributed by atoms with van der Waals surface area (Å²) >= 11 is 0. The second kappa shape index (κ2) is 14.1. The number of nitrogens with zero attached hydrogens (tertiary/aromatic N) is 2. The van der Waals surface area contributed by atoms with E-state index in [-0.39, 0.29) is 29.1 Å². The van der Waals surface area contributed by atoms with Crippen molar-refractivity contribution < 1.29 is 37.9 Å². The Morgan fingerprint density at radius 3 is 2.15 bits per heavy atom. The molecule has 0 radical (unpaired) electrons. The van der Waals surface area contributed by atoms with Gasteiger partial charge in [-0.3, -0.25) is 24.6 Å². The Morgan fingerprint density at radius 1 is 0.872 bits per heavy atom. The number of likely N-dealkylation sites (tertiary alicyclic amines) is 1. The van der Waals surface area contributed by atoms with Gasteiger partial charge >= 0.3 is 11.8 Å². The Bertz CT molecular complexity index is 1770. The van der Waals surface area contributed by atoms with E-state index in [2.05, 4.69) is 5.32 Å². The first-order valence-corrected chi connectivity index (χ1v) is 14.6. The Labute approximate surface area is 270 Å². The molecule has 242 valence electrons. The van der Waals surface area contributed by atoms with Crippen LogP contribution in [-0.2, 0) is 16.1 Å². The lowest BCUT2D eigenvalue weighted by Crippen LogP contribution is -2.48. The van der Waals surface area contributed by atoms with Crippen molar-refractivity contribution in [3.8, 4) is 11.5 Å². The first kappa shape index (κ1) is 32.6. The molecule has 1 heterocycles. The molecule has 0 spiro atoms. The fraction of sp³-hybridized carbons (Fsp3) is 0.229. The van der Waals surface area contributed by atoms with Crippen molar-refractivity contribution in [2.75, 3.05) is 21.3 Å². The van der Waals surface area contributed by atoms with Crippen LogP contribution in [0.15, 0.2) is 97.1 Å². The lowest BCUT2D eigenvalue weighted by atomic mass is 9.76. The molecule has 0 aromatic heterocycles. The second-order valence-electron chi connectivity index (χ2n) is 10.9. The Hall–Kier alpha value is -5.78. The summed E-state index contributed by atoms with van der Waals surface area (Å²) in [4.78, 5) is 55.2. The molecule has 2 amide bonds. The average molecular weight is 642 g/mol. The van der Waals surface area contributed by atoms with Gasteiger partial charge in [0.1, 0.15) is 17.6 Å². The maximum Gasteiger partial charge on any atom is 0.410 e. The van der Waals surface area contributed by atoms with Gasteiger partial charge in [-0.15, -0.1) is 0 Å². The van der Waals surface area contributed by atoms with Crippen LogP contribution in [0, 0.1) is 21.8 Å². The minimum atomic E-state index is -1.30. The van der Waals surface area contributed by atoms with E-state index < -0.39 is 52.4 Å². The molecule has 4 atom stereocenters. The molecule has 0 aliphatic carbocycles. The van der Waals surface area contributed by atoms with Crippen molar-refractivity contribution in [3.63, 3.8) is 0 Å². The number of nitro groups is 1. The van der Waals surface area contributed by atoms with Gasteiger partial charge in [0.15, 0.2) is 11.5 Å². The third-order valence-corrected chi connectivity index (χ3v) is 8.30. The highest BCUT2D eigenvalue weighted by atomic mass is 19.1. The van der Waals surface area contributed by atoms with Crippen LogP contribution in [0.3, 0.4) is 0 Å². The summed E-state index contributed by atoms with van der Waals surface area (Å²) in [5.74, 6) is -2.99. The van der Waals surface area contributed by atoms with Gasteiger partial charge in [0.2, 0.25) is 5.91 Å². The number of hydrogen-bond donors (Lipinski definition) is 1. The summed E-state index contributed by atoms with van der Waals surface area (Å²) in [5.41, 5.74) is 1.31. The smallest absolute Gasteiger partial charge is 0.410 e. The number of methoxy groups -OCH3 is 3. The summed E-state index contributed by atoms with van der Waals surface area (Å²) in [7, 11) is 3.94. The standard InChI is InChI=1S/C35H32FN3O8/c1-45-26-16-11-23(12-17-26)33(40)30-29(22-7-5-4-6-8-22)32(34(41)37-20-21-9-14-25(36)15-10-21)38(35(42)47-3)31(30)24-13-18-28(46-2)27(19-24)39(43)44/h4-19,29-32H,20H2,1-3H3,(H,37,41). The molecule has 1 aliphatic heterocycles. The zero-order valence-electron chi connectivity index (χ0n) is 25.8. The number of ketones is 1. The zero-order chi connectivity index (χ0) is 33.7. The first-order chi connectivity index (χ1) is 22.7. The lowest BCUT2D eigenvalue weighted by Gasteiger charge is -2.30. The second-order valence-corrected chi connectivity index (χ2v) is 10.9. The minimum absolute atomic E-state index is 0.00189. The number of nitrogens with one attached hydrogen (secondary N) is 1. The number of benzene rings is 4. The molecule has 4 aromatic rings. The molecule has 1 aliphatic rings. The molecule has 1 fully saturated rings. The highest BCUT2D eigenvalue weighted by molar-refractivity contribution is 6.01. The molecule has 47 heavy (non-hydrogen) atoms. The van der Waals surface area contributed by atoms with E-state index >= 15 is 0 Å². The highest BCUT2D eigenvalue weighted by Gasteiger charge is 2.58. The molecular formula is C35H32FN3O8. The van der Waals surface area contributed by atoms with Gasteiger partial charge in [0.25, 0.3) is 0 Å². The number of amides is 2. The van der Waals surface area contributed by atoms with Gasteiger partial charge < -0.3 is 19.5 Å². The monoisotopic (exact) mass is 641 g/mol. The van der Waals surface area contributed by atoms with E-state index in [0.29, 0.717) is 16.9 Å². The van der Waals surface area contributed by atoms with E-state index in [4.69, 9.17) is 14.2 Å². The largest absolute Gasteiger partial charge is 0.497 e. The predicted octanol–water partition coefficient (Wildman–Crippen LogP) is 5.84. The van der Waals surface area contributed by atoms with Crippen LogP contribution in [0.5, 0.6) is 11.5 Å². The first-order valence-electron chi connectivity index (χ1n) is 14.6. The Balaban J connectivity index is 1.72. The number of rotatable bonds is 10. The molecule has 0 saturated carbocycles. The maximum atomic E-state index is 14.6. The number of carbonyl (C=O) groups excluding carboxylic acids is 3. The van der Waals surface area contributed by atoms with Crippen LogP contribution in [0.4, 0.5) is 14.9 Å². The summed E-state index contributed by atoms with van der Waals surface area (Å²) in [5, 5.41) is 14.9. The van der Waals surface area contributed by atoms with E-state index in [9.17, 15) is 28.9 Å². The molecule has 1 N–H and O–H groups in total. The molecule has 4 aromatic carbocycles. The summed E-state index contributed by atoms with van der Waals surface area (Å²) in [6, 6.07) is 22.5. The van der Waals surface area contributed by atoms with Gasteiger partial charge in [-0.1, -0.05) is 48.5 Å². The van der Waals surface area contributed by atoms with Crippen LogP contribution >= 0.6 is 0 Å². The van der Waals surface area contributed by atoms with Crippen molar-refractivity contribution >= 4 is 23.5 Å². The van der Waals surface area contributed by atoms with E-state index in [0.717, 1.165) is 7.11 Å². The Kier molecular flexibility index (Phi) is 9.79. The maximum absolute atomic E-state index is 14.6. The zero-order valence-corrected chi connectivity index (χ0v) is 25.8. The summed E-state index contributed by atoms with van der Waals surface area (Å²) in [6.45, 7) is 0.00189. The average Bonchev–Trinajstić information content (AvgIpc) is 3.47. The third kappa shape index (κ3) is 6.62. The fourth-order valence-corrected chi connectivity index (χ4v) is 6.15. The SMILES string of the molecule is COC(=O)N1C(C(=O)NCc2ccc(F)cc2)C(c2ccccc2)C(C(=O)c2ccc(OC)cc2)C1c1ccc(OC)c([N+](=O)[O-])c1. The normalized spacial score (nSPS) is 18.7. The van der Waals surface area contributed by atoms with Crippen LogP contribution in [0.25, 0.3) is 0 Å². The van der Waals surface area contributed by atoms with Crippen molar-refractivity contribution in [1.29, 1.82) is 0 Å². The number of halogens is 1. The fourth-order valence-electron chi connectivity index (χ4n) is 6.15. The van der Waals surface area contributed by atoms with Crippen molar-refractivity contribution in [2.24, 2.45) is 5.92 Å². The number of ether oxygens (including phenoxy) is 3. The molecule has 11 nitrogen and oxygen atoms in total. The van der Waals surface area contributed by atoms with Crippen LogP contribution in [-0.4, -0.2) is 55.0 Å². The molecule has 12 heteroatoms. The summed E-state index contributed by atoms with van der Waals surface area (Å²) < 4.78 is 29.2. The number of carbonyl (C=O) groups is 3. The van der Waals surface area contributed by atoms with Crippen molar-refractivity contribution in [3.05, 3.63) is 135 Å².